The predicted octanol–water partition coefficient (Wildman–Crippen LogP) is 3.24. The van der Waals surface area contributed by atoms with Gasteiger partial charge in [0, 0.05) is 6.04 Å². The highest BCUT2D eigenvalue weighted by Gasteiger charge is 2.43. The molecule has 2 saturated carbocycles. The Hall–Kier alpha value is -1.55. The van der Waals surface area contributed by atoms with Crippen LogP contribution in [0.2, 0.25) is 0 Å². The first kappa shape index (κ1) is 17.3. The van der Waals surface area contributed by atoms with Crippen molar-refractivity contribution in [3.05, 3.63) is 29.3 Å². The molecule has 132 valence electrons. The van der Waals surface area contributed by atoms with Crippen LogP contribution < -0.4 is 10.1 Å². The van der Waals surface area contributed by atoms with E-state index in [2.05, 4.69) is 17.4 Å². The van der Waals surface area contributed by atoms with Gasteiger partial charge >= 0.3 is 0 Å². The van der Waals surface area contributed by atoms with Gasteiger partial charge in [0.1, 0.15) is 5.75 Å². The number of aryl methyl sites for hydroxylation is 1. The molecule has 0 atom stereocenters. The molecule has 2 N–H and O–H groups in total. The van der Waals surface area contributed by atoms with Crippen LogP contribution >= 0.6 is 0 Å². The summed E-state index contributed by atoms with van der Waals surface area (Å²) in [6.45, 7) is 2.03. The molecule has 4 heteroatoms. The van der Waals surface area contributed by atoms with Crippen LogP contribution in [0, 0.1) is 6.92 Å². The van der Waals surface area contributed by atoms with Crippen LogP contribution in [0.3, 0.4) is 0 Å². The summed E-state index contributed by atoms with van der Waals surface area (Å²) in [6.07, 6.45) is 7.12. The molecule has 1 amide bonds. The monoisotopic (exact) mass is 331 g/mol. The van der Waals surface area contributed by atoms with Crippen LogP contribution in [0.15, 0.2) is 18.2 Å². The fourth-order valence-electron chi connectivity index (χ4n) is 4.29. The molecule has 3 rings (SSSR count). The van der Waals surface area contributed by atoms with Crippen LogP contribution in [-0.4, -0.2) is 30.3 Å². The van der Waals surface area contributed by atoms with Crippen LogP contribution in [-0.2, 0) is 10.2 Å². The molecule has 1 aromatic rings. The lowest BCUT2D eigenvalue weighted by Crippen LogP contribution is -2.48. The Morgan fingerprint density at radius 2 is 1.88 bits per heavy atom. The topological polar surface area (TPSA) is 58.6 Å². The average Bonchev–Trinajstić information content (AvgIpc) is 3.08. The molecule has 0 unspecified atom stereocenters. The Morgan fingerprint density at radius 3 is 2.50 bits per heavy atom. The minimum Gasteiger partial charge on any atom is -0.496 e. The van der Waals surface area contributed by atoms with Crippen LogP contribution in [0.4, 0.5) is 0 Å². The summed E-state index contributed by atoms with van der Waals surface area (Å²) in [6, 6.07) is 6.39. The van der Waals surface area contributed by atoms with Gasteiger partial charge in [-0.1, -0.05) is 25.0 Å². The van der Waals surface area contributed by atoms with Crippen molar-refractivity contribution in [3.63, 3.8) is 0 Å². The highest BCUT2D eigenvalue weighted by molar-refractivity contribution is 5.89. The lowest BCUT2D eigenvalue weighted by Gasteiger charge is -2.33. The Bertz CT molecular complexity index is 585. The average molecular weight is 331 g/mol. The number of aliphatic hydroxyl groups excluding tert-OH is 1. The third kappa shape index (κ3) is 3.30. The summed E-state index contributed by atoms with van der Waals surface area (Å²) in [7, 11) is 1.68. The number of carbonyl (C=O) groups excluding carboxylic acids is 1. The second-order valence-corrected chi connectivity index (χ2v) is 7.45. The molecular formula is C20H29NO3. The normalized spacial score (nSPS) is 26.1. The number of rotatable bonds is 4. The fourth-order valence-corrected chi connectivity index (χ4v) is 4.29. The van der Waals surface area contributed by atoms with Crippen molar-refractivity contribution in [1.29, 1.82) is 0 Å². The Balaban J connectivity index is 1.81. The molecule has 0 aromatic heterocycles. The molecule has 0 heterocycles. The molecule has 0 spiro atoms. The SMILES string of the molecule is COc1cc(C2(C(=O)NC3CCC(O)CC3)CCCC2)ccc1C. The van der Waals surface area contributed by atoms with Gasteiger partial charge in [0.05, 0.1) is 18.6 Å². The first-order valence-electron chi connectivity index (χ1n) is 9.19. The van der Waals surface area contributed by atoms with E-state index in [-0.39, 0.29) is 18.1 Å². The van der Waals surface area contributed by atoms with E-state index < -0.39 is 5.41 Å². The van der Waals surface area contributed by atoms with Crippen molar-refractivity contribution in [1.82, 2.24) is 5.32 Å². The summed E-state index contributed by atoms with van der Waals surface area (Å²) < 4.78 is 5.47. The number of aliphatic hydroxyl groups is 1. The second kappa shape index (κ2) is 7.14. The number of hydrogen-bond donors (Lipinski definition) is 2. The van der Waals surface area contributed by atoms with E-state index in [0.29, 0.717) is 0 Å². The third-order valence-electron chi connectivity index (χ3n) is 5.88. The van der Waals surface area contributed by atoms with E-state index in [1.165, 1.54) is 0 Å². The molecule has 1 aromatic carbocycles. The zero-order chi connectivity index (χ0) is 17.2. The molecule has 24 heavy (non-hydrogen) atoms. The van der Waals surface area contributed by atoms with Crippen LogP contribution in [0.5, 0.6) is 5.75 Å². The van der Waals surface area contributed by atoms with Gasteiger partial charge in [-0.25, -0.2) is 0 Å². The van der Waals surface area contributed by atoms with E-state index in [1.54, 1.807) is 7.11 Å². The molecule has 0 bridgehead atoms. The number of methoxy groups -OCH3 is 1. The number of hydrogen-bond acceptors (Lipinski definition) is 3. The number of amides is 1. The fraction of sp³-hybridized carbons (Fsp3) is 0.650. The quantitative estimate of drug-likeness (QED) is 0.890. The van der Waals surface area contributed by atoms with Crippen molar-refractivity contribution in [2.24, 2.45) is 0 Å². The van der Waals surface area contributed by atoms with Crippen molar-refractivity contribution >= 4 is 5.91 Å². The molecule has 4 nitrogen and oxygen atoms in total. The first-order valence-corrected chi connectivity index (χ1v) is 9.19. The Morgan fingerprint density at radius 1 is 1.21 bits per heavy atom. The summed E-state index contributed by atoms with van der Waals surface area (Å²) >= 11 is 0. The molecule has 2 fully saturated rings. The van der Waals surface area contributed by atoms with Crippen molar-refractivity contribution < 1.29 is 14.6 Å². The van der Waals surface area contributed by atoms with E-state index in [4.69, 9.17) is 4.74 Å². The maximum Gasteiger partial charge on any atom is 0.230 e. The van der Waals surface area contributed by atoms with Gasteiger partial charge in [0.2, 0.25) is 5.91 Å². The molecule has 0 aliphatic heterocycles. The molecule has 0 saturated heterocycles. The van der Waals surface area contributed by atoms with Gasteiger partial charge in [0.15, 0.2) is 0 Å². The number of nitrogens with one attached hydrogen (secondary N) is 1. The smallest absolute Gasteiger partial charge is 0.230 e. The molecule has 2 aliphatic rings. The predicted molar refractivity (Wildman–Crippen MR) is 94.3 cm³/mol. The van der Waals surface area contributed by atoms with Crippen molar-refractivity contribution in [2.45, 2.75) is 75.9 Å². The number of carbonyl (C=O) groups is 1. The zero-order valence-corrected chi connectivity index (χ0v) is 14.8. The molecular weight excluding hydrogens is 302 g/mol. The first-order chi connectivity index (χ1) is 11.5. The summed E-state index contributed by atoms with van der Waals surface area (Å²) in [4.78, 5) is 13.2. The van der Waals surface area contributed by atoms with Gasteiger partial charge in [-0.3, -0.25) is 4.79 Å². The van der Waals surface area contributed by atoms with Crippen molar-refractivity contribution in [2.75, 3.05) is 7.11 Å². The lowest BCUT2D eigenvalue weighted by molar-refractivity contribution is -0.127. The Labute approximate surface area is 144 Å². The summed E-state index contributed by atoms with van der Waals surface area (Å²) in [5, 5.41) is 12.9. The lowest BCUT2D eigenvalue weighted by atomic mass is 9.77. The molecule has 0 radical (unpaired) electrons. The standard InChI is InChI=1S/C20H29NO3/c1-14-5-6-15(13-18(14)24-2)20(11-3-4-12-20)19(23)21-16-7-9-17(22)10-8-16/h5-6,13,16-17,22H,3-4,7-12H2,1-2H3,(H,21,23). The van der Waals surface area contributed by atoms with Crippen LogP contribution in [0.25, 0.3) is 0 Å². The van der Waals surface area contributed by atoms with E-state index >= 15 is 0 Å². The maximum absolute atomic E-state index is 13.2. The molecule has 2 aliphatic carbocycles. The maximum atomic E-state index is 13.2. The summed E-state index contributed by atoms with van der Waals surface area (Å²) in [5.41, 5.74) is 1.75. The van der Waals surface area contributed by atoms with Gasteiger partial charge in [-0.15, -0.1) is 0 Å². The number of benzene rings is 1. The van der Waals surface area contributed by atoms with Gasteiger partial charge in [-0.2, -0.15) is 0 Å². The number of ether oxygens (including phenoxy) is 1. The highest BCUT2D eigenvalue weighted by Crippen LogP contribution is 2.43. The summed E-state index contributed by atoms with van der Waals surface area (Å²) in [5.74, 6) is 1.01. The van der Waals surface area contributed by atoms with Crippen molar-refractivity contribution in [3.8, 4) is 5.75 Å². The van der Waals surface area contributed by atoms with Gasteiger partial charge in [-0.05, 0) is 62.6 Å². The largest absolute Gasteiger partial charge is 0.496 e. The van der Waals surface area contributed by atoms with Gasteiger partial charge < -0.3 is 15.2 Å². The van der Waals surface area contributed by atoms with Gasteiger partial charge in [0.25, 0.3) is 0 Å². The third-order valence-corrected chi connectivity index (χ3v) is 5.88. The van der Waals surface area contributed by atoms with E-state index in [1.807, 2.05) is 13.0 Å². The Kier molecular flexibility index (Phi) is 5.14. The minimum absolute atomic E-state index is 0.160. The highest BCUT2D eigenvalue weighted by atomic mass is 16.5. The second-order valence-electron chi connectivity index (χ2n) is 7.45. The zero-order valence-electron chi connectivity index (χ0n) is 14.8. The minimum atomic E-state index is -0.420. The van der Waals surface area contributed by atoms with Crippen LogP contribution in [0.1, 0.15) is 62.5 Å². The van der Waals surface area contributed by atoms with E-state index in [0.717, 1.165) is 68.2 Å². The van der Waals surface area contributed by atoms with E-state index in [9.17, 15) is 9.90 Å².